The molecule has 0 aromatic carbocycles. The molecule has 0 amide bonds. The van der Waals surface area contributed by atoms with Crippen molar-refractivity contribution in [3.05, 3.63) is 12.7 Å². The molecule has 0 saturated heterocycles. The molecule has 0 aliphatic rings. The summed E-state index contributed by atoms with van der Waals surface area (Å²) in [6.07, 6.45) is 12.1. The number of anilines is 1. The van der Waals surface area contributed by atoms with Crippen LogP contribution < -0.4 is 5.32 Å². The van der Waals surface area contributed by atoms with E-state index < -0.39 is 0 Å². The van der Waals surface area contributed by atoms with Gasteiger partial charge < -0.3 is 19.7 Å². The van der Waals surface area contributed by atoms with Crippen molar-refractivity contribution >= 4 is 17.0 Å². The third kappa shape index (κ3) is 8.32. The van der Waals surface area contributed by atoms with Gasteiger partial charge in [-0.25, -0.2) is 15.0 Å². The smallest absolute Gasteiger partial charge is 0.165 e. The van der Waals surface area contributed by atoms with Crippen LogP contribution in [0.4, 0.5) is 5.82 Å². The molecule has 0 aliphatic heterocycles. The molecule has 2 aromatic rings. The summed E-state index contributed by atoms with van der Waals surface area (Å²) in [5.41, 5.74) is 1.82. The standard InChI is InChI=1S/C25H47N7/c1-6-10-16-31(17-11-7-2)19-13-15-26-24-23-25(28-20-27-24)32(21-29-23)22(5)14-12-18-30(8-3)9-4/h20-22H,6-19H2,1-5H3,(H,26,27,28). The molecule has 182 valence electrons. The van der Waals surface area contributed by atoms with Gasteiger partial charge >= 0.3 is 0 Å². The van der Waals surface area contributed by atoms with E-state index in [0.717, 1.165) is 62.5 Å². The molecule has 1 N–H and O–H groups in total. The fourth-order valence-corrected chi connectivity index (χ4v) is 4.20. The van der Waals surface area contributed by atoms with Crippen molar-refractivity contribution < 1.29 is 0 Å². The van der Waals surface area contributed by atoms with Crippen LogP contribution in [0, 0.1) is 0 Å². The molecular formula is C25H47N7. The van der Waals surface area contributed by atoms with Crippen molar-refractivity contribution in [3.8, 4) is 0 Å². The van der Waals surface area contributed by atoms with Gasteiger partial charge in [-0.2, -0.15) is 0 Å². The molecule has 0 bridgehead atoms. The maximum absolute atomic E-state index is 4.66. The normalized spacial score (nSPS) is 12.8. The number of nitrogens with one attached hydrogen (secondary N) is 1. The van der Waals surface area contributed by atoms with Crippen LogP contribution in [0.1, 0.15) is 85.6 Å². The SMILES string of the molecule is CCCCN(CCCC)CCCNc1ncnc2c1ncn2C(C)CCCN(CC)CC. The predicted octanol–water partition coefficient (Wildman–Crippen LogP) is 5.21. The summed E-state index contributed by atoms with van der Waals surface area (Å²) in [4.78, 5) is 18.8. The van der Waals surface area contributed by atoms with Gasteiger partial charge in [0.15, 0.2) is 11.5 Å². The van der Waals surface area contributed by atoms with Crippen LogP contribution in [0.2, 0.25) is 0 Å². The molecule has 1 unspecified atom stereocenters. The zero-order chi connectivity index (χ0) is 23.2. The molecule has 0 radical (unpaired) electrons. The number of hydrogen-bond donors (Lipinski definition) is 1. The van der Waals surface area contributed by atoms with E-state index in [0.29, 0.717) is 6.04 Å². The second-order valence-electron chi connectivity index (χ2n) is 8.89. The highest BCUT2D eigenvalue weighted by Gasteiger charge is 2.14. The molecule has 2 rings (SSSR count). The molecule has 0 fully saturated rings. The molecule has 7 heteroatoms. The van der Waals surface area contributed by atoms with E-state index >= 15 is 0 Å². The summed E-state index contributed by atoms with van der Waals surface area (Å²) >= 11 is 0. The van der Waals surface area contributed by atoms with Gasteiger partial charge in [0, 0.05) is 12.6 Å². The lowest BCUT2D eigenvalue weighted by Crippen LogP contribution is -2.28. The summed E-state index contributed by atoms with van der Waals surface area (Å²) in [5, 5.41) is 3.52. The Balaban J connectivity index is 1.89. The fourth-order valence-electron chi connectivity index (χ4n) is 4.20. The van der Waals surface area contributed by atoms with Gasteiger partial charge in [-0.1, -0.05) is 40.5 Å². The lowest BCUT2D eigenvalue weighted by Gasteiger charge is -2.22. The Hall–Kier alpha value is -1.73. The van der Waals surface area contributed by atoms with Gasteiger partial charge in [-0.15, -0.1) is 0 Å². The van der Waals surface area contributed by atoms with E-state index in [1.807, 2.05) is 6.33 Å². The van der Waals surface area contributed by atoms with Gasteiger partial charge in [-0.05, 0) is 78.3 Å². The summed E-state index contributed by atoms with van der Waals surface area (Å²) in [7, 11) is 0. The van der Waals surface area contributed by atoms with E-state index in [2.05, 4.69) is 69.3 Å². The average Bonchev–Trinajstić information content (AvgIpc) is 3.25. The quantitative estimate of drug-likeness (QED) is 0.318. The lowest BCUT2D eigenvalue weighted by atomic mass is 10.1. The Morgan fingerprint density at radius 2 is 1.50 bits per heavy atom. The minimum atomic E-state index is 0.379. The third-order valence-corrected chi connectivity index (χ3v) is 6.42. The molecule has 0 saturated carbocycles. The van der Waals surface area contributed by atoms with Gasteiger partial charge in [-0.3, -0.25) is 0 Å². The Morgan fingerprint density at radius 1 is 0.844 bits per heavy atom. The third-order valence-electron chi connectivity index (χ3n) is 6.42. The number of unbranched alkanes of at least 4 members (excludes halogenated alkanes) is 2. The first-order valence-corrected chi connectivity index (χ1v) is 13.0. The highest BCUT2D eigenvalue weighted by molar-refractivity contribution is 5.82. The number of nitrogens with zero attached hydrogens (tertiary/aromatic N) is 6. The van der Waals surface area contributed by atoms with E-state index in [1.54, 1.807) is 6.33 Å². The second-order valence-corrected chi connectivity index (χ2v) is 8.89. The summed E-state index contributed by atoms with van der Waals surface area (Å²) in [6, 6.07) is 0.379. The molecular weight excluding hydrogens is 398 g/mol. The minimum Gasteiger partial charge on any atom is -0.368 e. The topological polar surface area (TPSA) is 62.1 Å². The molecule has 0 spiro atoms. The van der Waals surface area contributed by atoms with Crippen molar-refractivity contribution in [2.75, 3.05) is 51.1 Å². The number of aromatic nitrogens is 4. The van der Waals surface area contributed by atoms with Gasteiger partial charge in [0.2, 0.25) is 0 Å². The van der Waals surface area contributed by atoms with Crippen molar-refractivity contribution in [1.29, 1.82) is 0 Å². The van der Waals surface area contributed by atoms with Crippen molar-refractivity contribution in [3.63, 3.8) is 0 Å². The maximum Gasteiger partial charge on any atom is 0.165 e. The highest BCUT2D eigenvalue weighted by atomic mass is 15.2. The number of hydrogen-bond acceptors (Lipinski definition) is 6. The van der Waals surface area contributed by atoms with E-state index in [4.69, 9.17) is 0 Å². The monoisotopic (exact) mass is 445 g/mol. The Morgan fingerprint density at radius 3 is 2.16 bits per heavy atom. The number of fused-ring (bicyclic) bond motifs is 1. The first-order chi connectivity index (χ1) is 15.6. The molecule has 2 aromatic heterocycles. The largest absolute Gasteiger partial charge is 0.368 e. The van der Waals surface area contributed by atoms with Crippen molar-refractivity contribution in [1.82, 2.24) is 29.3 Å². The minimum absolute atomic E-state index is 0.379. The lowest BCUT2D eigenvalue weighted by molar-refractivity contribution is 0.264. The molecule has 32 heavy (non-hydrogen) atoms. The van der Waals surface area contributed by atoms with E-state index in [-0.39, 0.29) is 0 Å². The van der Waals surface area contributed by atoms with Crippen LogP contribution in [-0.2, 0) is 0 Å². The van der Waals surface area contributed by atoms with Crippen LogP contribution in [0.5, 0.6) is 0 Å². The Bertz CT molecular complexity index is 733. The average molecular weight is 446 g/mol. The summed E-state index contributed by atoms with van der Waals surface area (Å²) < 4.78 is 2.21. The van der Waals surface area contributed by atoms with Crippen LogP contribution in [0.3, 0.4) is 0 Å². The van der Waals surface area contributed by atoms with Gasteiger partial charge in [0.05, 0.1) is 6.33 Å². The van der Waals surface area contributed by atoms with Gasteiger partial charge in [0.25, 0.3) is 0 Å². The van der Waals surface area contributed by atoms with Crippen LogP contribution >= 0.6 is 0 Å². The Labute approximate surface area is 196 Å². The second kappa shape index (κ2) is 15.2. The first kappa shape index (κ1) is 26.5. The zero-order valence-electron chi connectivity index (χ0n) is 21.3. The van der Waals surface area contributed by atoms with Crippen LogP contribution in [0.15, 0.2) is 12.7 Å². The summed E-state index contributed by atoms with van der Waals surface area (Å²) in [6.45, 7) is 19.1. The van der Waals surface area contributed by atoms with E-state index in [1.165, 1.54) is 45.2 Å². The number of rotatable bonds is 18. The first-order valence-electron chi connectivity index (χ1n) is 13.0. The van der Waals surface area contributed by atoms with Crippen molar-refractivity contribution in [2.45, 2.75) is 85.6 Å². The van der Waals surface area contributed by atoms with Gasteiger partial charge in [0.1, 0.15) is 11.8 Å². The number of imidazole rings is 1. The molecule has 7 nitrogen and oxygen atoms in total. The predicted molar refractivity (Wildman–Crippen MR) is 136 cm³/mol. The highest BCUT2D eigenvalue weighted by Crippen LogP contribution is 2.23. The fraction of sp³-hybridized carbons (Fsp3) is 0.800. The van der Waals surface area contributed by atoms with E-state index in [9.17, 15) is 0 Å². The summed E-state index contributed by atoms with van der Waals surface area (Å²) in [5.74, 6) is 0.859. The molecule has 0 aliphatic carbocycles. The van der Waals surface area contributed by atoms with Crippen LogP contribution in [0.25, 0.3) is 11.2 Å². The molecule has 1 atom stereocenters. The van der Waals surface area contributed by atoms with Crippen molar-refractivity contribution in [2.24, 2.45) is 0 Å². The maximum atomic E-state index is 4.66. The molecule has 2 heterocycles. The van der Waals surface area contributed by atoms with Crippen LogP contribution in [-0.4, -0.2) is 75.1 Å². The Kier molecular flexibility index (Phi) is 12.6. The zero-order valence-corrected chi connectivity index (χ0v) is 21.3.